The van der Waals surface area contributed by atoms with E-state index in [4.69, 9.17) is 10.5 Å². The van der Waals surface area contributed by atoms with Crippen LogP contribution in [0, 0.1) is 11.8 Å². The van der Waals surface area contributed by atoms with Gasteiger partial charge in [-0.2, -0.15) is 0 Å². The molecule has 2 unspecified atom stereocenters. The van der Waals surface area contributed by atoms with E-state index in [1.54, 1.807) is 0 Å². The monoisotopic (exact) mass is 230 g/mol. The number of hydrogen-bond acceptors (Lipinski definition) is 3. The van der Waals surface area contributed by atoms with Crippen LogP contribution in [0.3, 0.4) is 0 Å². The summed E-state index contributed by atoms with van der Waals surface area (Å²) < 4.78 is 5.39. The fourth-order valence-corrected chi connectivity index (χ4v) is 1.07. The van der Waals surface area contributed by atoms with Crippen molar-refractivity contribution in [2.45, 2.75) is 40.2 Å². The Bertz CT molecular complexity index is 193. The molecule has 0 aromatic rings. The first kappa shape index (κ1) is 15.4. The fraction of sp³-hybridized carbons (Fsp3) is 0.917. The van der Waals surface area contributed by atoms with Gasteiger partial charge < -0.3 is 15.8 Å². The van der Waals surface area contributed by atoms with Crippen molar-refractivity contribution >= 4 is 5.91 Å². The van der Waals surface area contributed by atoms with Crippen molar-refractivity contribution in [2.24, 2.45) is 17.6 Å². The number of carbonyl (C=O) groups excluding carboxylic acids is 1. The van der Waals surface area contributed by atoms with Gasteiger partial charge in [0.1, 0.15) is 0 Å². The van der Waals surface area contributed by atoms with E-state index in [0.29, 0.717) is 19.1 Å². The lowest BCUT2D eigenvalue weighted by molar-refractivity contribution is -0.125. The Morgan fingerprint density at radius 2 is 1.88 bits per heavy atom. The number of amides is 1. The second kappa shape index (κ2) is 8.53. The highest BCUT2D eigenvalue weighted by Gasteiger charge is 2.15. The predicted octanol–water partition coefficient (Wildman–Crippen LogP) is 1.15. The van der Waals surface area contributed by atoms with Gasteiger partial charge in [0.15, 0.2) is 0 Å². The van der Waals surface area contributed by atoms with Crippen LogP contribution in [0.5, 0.6) is 0 Å². The van der Waals surface area contributed by atoms with E-state index in [1.807, 2.05) is 13.8 Å². The van der Waals surface area contributed by atoms with Crippen molar-refractivity contribution < 1.29 is 9.53 Å². The maximum atomic E-state index is 11.5. The molecule has 0 aliphatic carbocycles. The second-order valence-electron chi connectivity index (χ2n) is 4.73. The minimum absolute atomic E-state index is 0.00228. The second-order valence-corrected chi connectivity index (χ2v) is 4.73. The molecule has 3 N–H and O–H groups in total. The molecule has 0 saturated heterocycles. The maximum absolute atomic E-state index is 11.5. The predicted molar refractivity (Wildman–Crippen MR) is 66.1 cm³/mol. The summed E-state index contributed by atoms with van der Waals surface area (Å²) in [5.74, 6) is 0.519. The number of hydrogen-bond donors (Lipinski definition) is 2. The van der Waals surface area contributed by atoms with Crippen LogP contribution in [0.2, 0.25) is 0 Å². The number of ether oxygens (including phenoxy) is 1. The van der Waals surface area contributed by atoms with Crippen molar-refractivity contribution in [3.05, 3.63) is 0 Å². The molecule has 16 heavy (non-hydrogen) atoms. The SMILES string of the molecule is CC(C)CCOCCNC(=O)C(C)C(C)N. The molecular formula is C12H26N2O2. The number of rotatable bonds is 8. The van der Waals surface area contributed by atoms with Gasteiger partial charge in [0.2, 0.25) is 5.91 Å². The molecular weight excluding hydrogens is 204 g/mol. The maximum Gasteiger partial charge on any atom is 0.224 e. The van der Waals surface area contributed by atoms with Gasteiger partial charge in [-0.1, -0.05) is 20.8 Å². The lowest BCUT2D eigenvalue weighted by Crippen LogP contribution is -2.39. The molecule has 1 amide bonds. The zero-order valence-electron chi connectivity index (χ0n) is 11.0. The molecule has 0 fully saturated rings. The molecule has 96 valence electrons. The quantitative estimate of drug-likeness (QED) is 0.615. The Morgan fingerprint density at radius 3 is 2.38 bits per heavy atom. The molecule has 0 aromatic heterocycles. The first-order chi connectivity index (χ1) is 7.45. The van der Waals surface area contributed by atoms with E-state index in [1.165, 1.54) is 0 Å². The van der Waals surface area contributed by atoms with Gasteiger partial charge in [-0.25, -0.2) is 0 Å². The van der Waals surface area contributed by atoms with Crippen LogP contribution in [0.25, 0.3) is 0 Å². The summed E-state index contributed by atoms with van der Waals surface area (Å²) in [4.78, 5) is 11.5. The summed E-state index contributed by atoms with van der Waals surface area (Å²) in [6.45, 7) is 9.89. The van der Waals surface area contributed by atoms with Gasteiger partial charge in [-0.3, -0.25) is 4.79 Å². The zero-order valence-corrected chi connectivity index (χ0v) is 11.0. The Labute approximate surface area is 98.9 Å². The van der Waals surface area contributed by atoms with Gasteiger partial charge in [0.05, 0.1) is 6.61 Å². The van der Waals surface area contributed by atoms with Crippen LogP contribution in [0.1, 0.15) is 34.1 Å². The average Bonchev–Trinajstić information content (AvgIpc) is 2.21. The summed E-state index contributed by atoms with van der Waals surface area (Å²) in [6, 6.07) is -0.109. The van der Waals surface area contributed by atoms with Gasteiger partial charge in [0.25, 0.3) is 0 Å². The van der Waals surface area contributed by atoms with Crippen LogP contribution < -0.4 is 11.1 Å². The molecule has 2 atom stereocenters. The summed E-state index contributed by atoms with van der Waals surface area (Å²) in [5, 5.41) is 2.81. The molecule has 4 nitrogen and oxygen atoms in total. The smallest absolute Gasteiger partial charge is 0.224 e. The Morgan fingerprint density at radius 1 is 1.25 bits per heavy atom. The highest BCUT2D eigenvalue weighted by molar-refractivity contribution is 5.78. The van der Waals surface area contributed by atoms with Gasteiger partial charge >= 0.3 is 0 Å². The first-order valence-corrected chi connectivity index (χ1v) is 6.06. The summed E-state index contributed by atoms with van der Waals surface area (Å²) in [5.41, 5.74) is 5.63. The number of nitrogens with one attached hydrogen (secondary N) is 1. The highest BCUT2D eigenvalue weighted by atomic mass is 16.5. The topological polar surface area (TPSA) is 64.3 Å². The van der Waals surface area contributed by atoms with E-state index in [9.17, 15) is 4.79 Å². The lowest BCUT2D eigenvalue weighted by Gasteiger charge is -2.15. The van der Waals surface area contributed by atoms with E-state index in [0.717, 1.165) is 13.0 Å². The van der Waals surface area contributed by atoms with Crippen LogP contribution in [0.15, 0.2) is 0 Å². The highest BCUT2D eigenvalue weighted by Crippen LogP contribution is 1.99. The zero-order chi connectivity index (χ0) is 12.6. The van der Waals surface area contributed by atoms with Crippen LogP contribution >= 0.6 is 0 Å². The lowest BCUT2D eigenvalue weighted by atomic mass is 10.0. The molecule has 0 bridgehead atoms. The summed E-state index contributed by atoms with van der Waals surface area (Å²) in [7, 11) is 0. The van der Waals surface area contributed by atoms with Crippen molar-refractivity contribution in [3.63, 3.8) is 0 Å². The third-order valence-corrected chi connectivity index (χ3v) is 2.59. The normalized spacial score (nSPS) is 14.9. The van der Waals surface area contributed by atoms with Gasteiger partial charge in [0, 0.05) is 25.1 Å². The molecule has 0 saturated carbocycles. The van der Waals surface area contributed by atoms with Gasteiger partial charge in [-0.05, 0) is 19.3 Å². The van der Waals surface area contributed by atoms with Gasteiger partial charge in [-0.15, -0.1) is 0 Å². The number of carbonyl (C=O) groups is 1. The van der Waals surface area contributed by atoms with Crippen molar-refractivity contribution in [2.75, 3.05) is 19.8 Å². The summed E-state index contributed by atoms with van der Waals surface area (Å²) >= 11 is 0. The molecule has 0 aliphatic rings. The Balaban J connectivity index is 3.41. The molecule has 0 rings (SSSR count). The van der Waals surface area contributed by atoms with E-state index >= 15 is 0 Å². The summed E-state index contributed by atoms with van der Waals surface area (Å²) in [6.07, 6.45) is 1.06. The van der Waals surface area contributed by atoms with Crippen molar-refractivity contribution in [1.29, 1.82) is 0 Å². The van der Waals surface area contributed by atoms with E-state index in [-0.39, 0.29) is 17.9 Å². The standard InChI is InChI=1S/C12H26N2O2/c1-9(2)5-7-16-8-6-14-12(15)10(3)11(4)13/h9-11H,5-8,13H2,1-4H3,(H,14,15). The van der Waals surface area contributed by atoms with E-state index < -0.39 is 0 Å². The van der Waals surface area contributed by atoms with Crippen LogP contribution in [0.4, 0.5) is 0 Å². The molecule has 0 aliphatic heterocycles. The molecule has 0 aromatic carbocycles. The van der Waals surface area contributed by atoms with Crippen LogP contribution in [-0.4, -0.2) is 31.7 Å². The third-order valence-electron chi connectivity index (χ3n) is 2.59. The Hall–Kier alpha value is -0.610. The minimum atomic E-state index is -0.143. The fourth-order valence-electron chi connectivity index (χ4n) is 1.07. The molecule has 0 radical (unpaired) electrons. The van der Waals surface area contributed by atoms with Crippen molar-refractivity contribution in [3.8, 4) is 0 Å². The first-order valence-electron chi connectivity index (χ1n) is 6.06. The molecule has 4 heteroatoms. The van der Waals surface area contributed by atoms with E-state index in [2.05, 4.69) is 19.2 Å². The third kappa shape index (κ3) is 7.65. The van der Waals surface area contributed by atoms with Crippen LogP contribution in [-0.2, 0) is 9.53 Å². The number of nitrogens with two attached hydrogens (primary N) is 1. The molecule has 0 heterocycles. The Kier molecular flexibility index (Phi) is 8.21. The molecule has 0 spiro atoms. The average molecular weight is 230 g/mol. The van der Waals surface area contributed by atoms with Crippen molar-refractivity contribution in [1.82, 2.24) is 5.32 Å². The minimum Gasteiger partial charge on any atom is -0.380 e. The largest absolute Gasteiger partial charge is 0.380 e.